The first kappa shape index (κ1) is 20.0. The first-order valence-corrected chi connectivity index (χ1v) is 9.42. The van der Waals surface area contributed by atoms with E-state index >= 15 is 0 Å². The molecule has 0 bridgehead atoms. The highest BCUT2D eigenvalue weighted by atomic mass is 16.5. The third-order valence-corrected chi connectivity index (χ3v) is 4.60. The topological polar surface area (TPSA) is 85.7 Å². The van der Waals surface area contributed by atoms with Crippen LogP contribution in [0.15, 0.2) is 35.1 Å². The van der Waals surface area contributed by atoms with E-state index in [1.54, 1.807) is 7.11 Å². The molecule has 3 rings (SSSR count). The van der Waals surface area contributed by atoms with Crippen molar-refractivity contribution in [2.45, 2.75) is 26.5 Å². The molecule has 1 amide bonds. The third-order valence-electron chi connectivity index (χ3n) is 4.60. The molecule has 0 saturated carbocycles. The molecule has 1 fully saturated rings. The van der Waals surface area contributed by atoms with Crippen LogP contribution < -0.4 is 15.8 Å². The first-order chi connectivity index (χ1) is 13.6. The van der Waals surface area contributed by atoms with Crippen molar-refractivity contribution in [2.24, 2.45) is 0 Å². The molecule has 8 heteroatoms. The molecule has 1 N–H and O–H groups in total. The quantitative estimate of drug-likeness (QED) is 0.775. The largest absolute Gasteiger partial charge is 0.378 e. The van der Waals surface area contributed by atoms with Gasteiger partial charge in [-0.2, -0.15) is 0 Å². The van der Waals surface area contributed by atoms with Crippen molar-refractivity contribution in [1.29, 1.82) is 0 Å². The summed E-state index contributed by atoms with van der Waals surface area (Å²) < 4.78 is 11.9. The molecule has 1 saturated heterocycles. The van der Waals surface area contributed by atoms with Crippen LogP contribution in [-0.2, 0) is 33.8 Å². The number of morpholine rings is 1. The Balaban J connectivity index is 1.87. The number of benzene rings is 1. The van der Waals surface area contributed by atoms with E-state index in [9.17, 15) is 9.59 Å². The van der Waals surface area contributed by atoms with Crippen LogP contribution in [0.2, 0.25) is 0 Å². The molecule has 0 unspecified atom stereocenters. The van der Waals surface area contributed by atoms with Crippen LogP contribution in [0.25, 0.3) is 0 Å². The second-order valence-corrected chi connectivity index (χ2v) is 6.56. The number of anilines is 2. The molecule has 1 aliphatic heterocycles. The van der Waals surface area contributed by atoms with Gasteiger partial charge < -0.3 is 19.7 Å². The maximum absolute atomic E-state index is 12.7. The number of nitrogens with one attached hydrogen (secondary N) is 1. The maximum Gasteiger partial charge on any atom is 0.255 e. The van der Waals surface area contributed by atoms with Crippen LogP contribution in [0.4, 0.5) is 11.6 Å². The summed E-state index contributed by atoms with van der Waals surface area (Å²) in [6, 6.07) is 9.07. The van der Waals surface area contributed by atoms with Gasteiger partial charge in [0.2, 0.25) is 11.9 Å². The molecular formula is C20H26N4O4. The van der Waals surface area contributed by atoms with Gasteiger partial charge in [0.15, 0.2) is 0 Å². The monoisotopic (exact) mass is 386 g/mol. The van der Waals surface area contributed by atoms with Gasteiger partial charge in [-0.3, -0.25) is 14.2 Å². The standard InChI is InChI=1S/C20H26N4O4/c1-3-15-6-4-5-7-17(15)22-18(25)13-24-19(26)12-16(14-27-2)21-20(24)23-8-10-28-11-9-23/h4-7,12H,3,8-11,13-14H2,1-2H3,(H,22,25). The number of methoxy groups -OCH3 is 1. The van der Waals surface area contributed by atoms with Crippen LogP contribution in [0.1, 0.15) is 18.2 Å². The number of nitrogens with zero attached hydrogens (tertiary/aromatic N) is 3. The van der Waals surface area contributed by atoms with Gasteiger partial charge in [0, 0.05) is 32.0 Å². The van der Waals surface area contributed by atoms with E-state index in [4.69, 9.17) is 9.47 Å². The van der Waals surface area contributed by atoms with Crippen molar-refractivity contribution in [2.75, 3.05) is 43.6 Å². The number of carbonyl (C=O) groups excluding carboxylic acids is 1. The van der Waals surface area contributed by atoms with E-state index in [1.807, 2.05) is 36.1 Å². The number of ether oxygens (including phenoxy) is 2. The van der Waals surface area contributed by atoms with E-state index in [0.717, 1.165) is 17.7 Å². The van der Waals surface area contributed by atoms with Crippen molar-refractivity contribution in [3.8, 4) is 0 Å². The Labute approximate surface area is 164 Å². The first-order valence-electron chi connectivity index (χ1n) is 9.42. The summed E-state index contributed by atoms with van der Waals surface area (Å²) in [5.41, 5.74) is 2.08. The Bertz CT molecular complexity index is 875. The number of para-hydroxylation sites is 1. The molecular weight excluding hydrogens is 360 g/mol. The normalized spacial score (nSPS) is 14.1. The van der Waals surface area contributed by atoms with Gasteiger partial charge in [-0.05, 0) is 18.1 Å². The van der Waals surface area contributed by atoms with Gasteiger partial charge >= 0.3 is 0 Å². The number of carbonyl (C=O) groups is 1. The number of hydrogen-bond acceptors (Lipinski definition) is 6. The van der Waals surface area contributed by atoms with E-state index < -0.39 is 0 Å². The van der Waals surface area contributed by atoms with Gasteiger partial charge in [0.05, 0.1) is 25.5 Å². The Morgan fingerprint density at radius 1 is 1.29 bits per heavy atom. The second-order valence-electron chi connectivity index (χ2n) is 6.56. The highest BCUT2D eigenvalue weighted by Crippen LogP contribution is 2.16. The van der Waals surface area contributed by atoms with E-state index in [0.29, 0.717) is 37.9 Å². The lowest BCUT2D eigenvalue weighted by molar-refractivity contribution is -0.116. The van der Waals surface area contributed by atoms with Gasteiger partial charge in [-0.25, -0.2) is 4.98 Å². The van der Waals surface area contributed by atoms with Gasteiger partial charge in [0.1, 0.15) is 6.54 Å². The Hall–Kier alpha value is -2.71. The average molecular weight is 386 g/mol. The third kappa shape index (κ3) is 4.76. The molecule has 1 aromatic carbocycles. The zero-order valence-corrected chi connectivity index (χ0v) is 16.3. The minimum Gasteiger partial charge on any atom is -0.378 e. The molecule has 2 aromatic rings. The zero-order valence-electron chi connectivity index (χ0n) is 16.3. The Morgan fingerprint density at radius 2 is 2.04 bits per heavy atom. The van der Waals surface area contributed by atoms with Gasteiger partial charge in [-0.15, -0.1) is 0 Å². The molecule has 0 spiro atoms. The molecule has 150 valence electrons. The summed E-state index contributed by atoms with van der Waals surface area (Å²) in [5.74, 6) is 0.209. The molecule has 0 atom stereocenters. The van der Waals surface area contributed by atoms with Crippen molar-refractivity contribution in [1.82, 2.24) is 9.55 Å². The average Bonchev–Trinajstić information content (AvgIpc) is 2.71. The number of aryl methyl sites for hydroxylation is 1. The number of aromatic nitrogens is 2. The summed E-state index contributed by atoms with van der Waals surface area (Å²) in [7, 11) is 1.56. The Kier molecular flexibility index (Phi) is 6.78. The molecule has 0 radical (unpaired) electrons. The fraction of sp³-hybridized carbons (Fsp3) is 0.450. The van der Waals surface area contributed by atoms with Crippen LogP contribution in [-0.4, -0.2) is 48.9 Å². The maximum atomic E-state index is 12.7. The number of rotatable bonds is 7. The smallest absolute Gasteiger partial charge is 0.255 e. The highest BCUT2D eigenvalue weighted by molar-refractivity contribution is 5.91. The summed E-state index contributed by atoms with van der Waals surface area (Å²) in [6.45, 7) is 4.50. The van der Waals surface area contributed by atoms with E-state index in [2.05, 4.69) is 10.3 Å². The highest BCUT2D eigenvalue weighted by Gasteiger charge is 2.20. The minimum atomic E-state index is -0.275. The second kappa shape index (κ2) is 9.48. The predicted molar refractivity (Wildman–Crippen MR) is 107 cm³/mol. The van der Waals surface area contributed by atoms with Gasteiger partial charge in [0.25, 0.3) is 5.56 Å². The number of hydrogen-bond donors (Lipinski definition) is 1. The summed E-state index contributed by atoms with van der Waals surface area (Å²) in [5, 5.41) is 2.91. The molecule has 28 heavy (non-hydrogen) atoms. The van der Waals surface area contributed by atoms with E-state index in [-0.39, 0.29) is 24.6 Å². The van der Waals surface area contributed by atoms with Crippen molar-refractivity contribution in [3.63, 3.8) is 0 Å². The SMILES string of the molecule is CCc1ccccc1NC(=O)Cn1c(N2CCOCC2)nc(COC)cc1=O. The lowest BCUT2D eigenvalue weighted by atomic mass is 10.1. The Morgan fingerprint density at radius 3 is 2.75 bits per heavy atom. The summed E-state index contributed by atoms with van der Waals surface area (Å²) >= 11 is 0. The molecule has 0 aliphatic carbocycles. The van der Waals surface area contributed by atoms with Crippen LogP contribution in [0.5, 0.6) is 0 Å². The summed E-state index contributed by atoms with van der Waals surface area (Å²) in [6.07, 6.45) is 0.808. The van der Waals surface area contributed by atoms with Gasteiger partial charge in [-0.1, -0.05) is 25.1 Å². The molecule has 1 aromatic heterocycles. The van der Waals surface area contributed by atoms with Crippen molar-refractivity contribution in [3.05, 3.63) is 51.9 Å². The fourth-order valence-corrected chi connectivity index (χ4v) is 3.20. The van der Waals surface area contributed by atoms with Crippen LogP contribution in [0.3, 0.4) is 0 Å². The molecule has 2 heterocycles. The molecule has 1 aliphatic rings. The predicted octanol–water partition coefficient (Wildman–Crippen LogP) is 1.43. The van der Waals surface area contributed by atoms with E-state index in [1.165, 1.54) is 10.6 Å². The van der Waals surface area contributed by atoms with Crippen LogP contribution >= 0.6 is 0 Å². The lowest BCUT2D eigenvalue weighted by Gasteiger charge is -2.29. The molecule has 8 nitrogen and oxygen atoms in total. The fourth-order valence-electron chi connectivity index (χ4n) is 3.20. The lowest BCUT2D eigenvalue weighted by Crippen LogP contribution is -2.42. The van der Waals surface area contributed by atoms with Crippen molar-refractivity contribution < 1.29 is 14.3 Å². The number of amides is 1. The van der Waals surface area contributed by atoms with Crippen LogP contribution in [0, 0.1) is 0 Å². The van der Waals surface area contributed by atoms with Crippen molar-refractivity contribution >= 4 is 17.5 Å². The zero-order chi connectivity index (χ0) is 19.9. The minimum absolute atomic E-state index is 0.107. The summed E-state index contributed by atoms with van der Waals surface area (Å²) in [4.78, 5) is 31.9.